The summed E-state index contributed by atoms with van der Waals surface area (Å²) in [6, 6.07) is 0.524. The smallest absolute Gasteiger partial charge is 0.407 e. The zero-order valence-corrected chi connectivity index (χ0v) is 21.7. The number of ether oxygens (including phenoxy) is 2. The summed E-state index contributed by atoms with van der Waals surface area (Å²) in [6.45, 7) is 8.27. The van der Waals surface area contributed by atoms with Gasteiger partial charge >= 0.3 is 12.2 Å². The van der Waals surface area contributed by atoms with Crippen LogP contribution in [0.3, 0.4) is 0 Å². The van der Waals surface area contributed by atoms with Crippen molar-refractivity contribution in [3.63, 3.8) is 0 Å². The quantitative estimate of drug-likeness (QED) is 0.321. The predicted octanol–water partition coefficient (Wildman–Crippen LogP) is 7.10. The Bertz CT molecular complexity index is 506. The predicted molar refractivity (Wildman–Crippen MR) is 133 cm³/mol. The highest BCUT2D eigenvalue weighted by atomic mass is 16.6. The van der Waals surface area contributed by atoms with E-state index in [1.807, 2.05) is 13.8 Å². The summed E-state index contributed by atoms with van der Waals surface area (Å²) in [5, 5.41) is 6.17. The van der Waals surface area contributed by atoms with Crippen LogP contribution >= 0.6 is 0 Å². The number of carbonyl (C=O) groups excluding carboxylic acids is 2. The van der Waals surface area contributed by atoms with Gasteiger partial charge in [-0.05, 0) is 96.3 Å². The molecule has 2 N–H and O–H groups in total. The molecule has 0 aromatic rings. The third-order valence-corrected chi connectivity index (χ3v) is 7.55. The molecule has 0 bridgehead atoms. The molecule has 2 atom stereocenters. The zero-order chi connectivity index (χ0) is 24.1. The first-order valence-electron chi connectivity index (χ1n) is 13.8. The van der Waals surface area contributed by atoms with Crippen molar-refractivity contribution in [1.29, 1.82) is 0 Å². The lowest BCUT2D eigenvalue weighted by atomic mass is 9.76. The lowest BCUT2D eigenvalue weighted by Gasteiger charge is -2.34. The largest absolute Gasteiger partial charge is 0.447 e. The van der Waals surface area contributed by atoms with E-state index in [9.17, 15) is 9.59 Å². The van der Waals surface area contributed by atoms with Gasteiger partial charge in [-0.2, -0.15) is 0 Å². The molecule has 2 saturated carbocycles. The van der Waals surface area contributed by atoms with Crippen molar-refractivity contribution >= 4 is 12.2 Å². The van der Waals surface area contributed by atoms with Crippen LogP contribution in [0.25, 0.3) is 0 Å². The van der Waals surface area contributed by atoms with Crippen LogP contribution in [-0.4, -0.2) is 36.5 Å². The average molecular weight is 467 g/mol. The van der Waals surface area contributed by atoms with E-state index in [0.717, 1.165) is 76.0 Å². The van der Waals surface area contributed by atoms with E-state index in [-0.39, 0.29) is 36.5 Å². The minimum atomic E-state index is -0.244. The first kappa shape index (κ1) is 27.8. The van der Waals surface area contributed by atoms with Gasteiger partial charge in [-0.3, -0.25) is 0 Å². The number of hydrogen-bond donors (Lipinski definition) is 2. The molecule has 2 rings (SSSR count). The number of alkyl carbamates (subject to hydrolysis) is 2. The number of rotatable bonds is 12. The second-order valence-corrected chi connectivity index (χ2v) is 10.7. The number of carbonyl (C=O) groups is 2. The Morgan fingerprint density at radius 3 is 1.39 bits per heavy atom. The summed E-state index contributed by atoms with van der Waals surface area (Å²) < 4.78 is 11.0. The first-order valence-corrected chi connectivity index (χ1v) is 13.8. The standard InChI is InChI=1S/C27H50N2O4/c1-5-7-9-20(3)32-26(30)28-24-15-11-22(12-16-24)19-23-13-17-25(18-14-23)29-27(31)33-21(4)10-8-6-2/h20-25H,5-19H2,1-4H3,(H,28,30)(H,29,31)/t20-,21-,22?,23?,24?,25?/m1/s1. The van der Waals surface area contributed by atoms with Gasteiger partial charge in [0.25, 0.3) is 0 Å². The molecule has 2 amide bonds. The summed E-state index contributed by atoms with van der Waals surface area (Å²) in [7, 11) is 0. The van der Waals surface area contributed by atoms with E-state index in [2.05, 4.69) is 24.5 Å². The van der Waals surface area contributed by atoms with Gasteiger partial charge in [0.2, 0.25) is 0 Å². The maximum atomic E-state index is 12.1. The lowest BCUT2D eigenvalue weighted by Crippen LogP contribution is -2.40. The fourth-order valence-electron chi connectivity index (χ4n) is 5.42. The van der Waals surface area contributed by atoms with Gasteiger partial charge in [0.1, 0.15) is 12.2 Å². The average Bonchev–Trinajstić information content (AvgIpc) is 2.78. The molecule has 0 aromatic carbocycles. The van der Waals surface area contributed by atoms with Crippen LogP contribution in [0.2, 0.25) is 0 Å². The number of hydrogen-bond acceptors (Lipinski definition) is 4. The second-order valence-electron chi connectivity index (χ2n) is 10.7. The van der Waals surface area contributed by atoms with E-state index in [4.69, 9.17) is 9.47 Å². The van der Waals surface area contributed by atoms with Crippen LogP contribution in [0.5, 0.6) is 0 Å². The van der Waals surface area contributed by atoms with Crippen molar-refractivity contribution in [2.24, 2.45) is 11.8 Å². The van der Waals surface area contributed by atoms with Gasteiger partial charge in [-0.1, -0.05) is 39.5 Å². The van der Waals surface area contributed by atoms with E-state index in [1.54, 1.807) is 0 Å². The topological polar surface area (TPSA) is 76.7 Å². The Kier molecular flexibility index (Phi) is 13.0. The number of unbranched alkanes of at least 4 members (excludes halogenated alkanes) is 2. The highest BCUT2D eigenvalue weighted by Crippen LogP contribution is 2.35. The molecule has 0 unspecified atom stereocenters. The van der Waals surface area contributed by atoms with Crippen LogP contribution in [0.15, 0.2) is 0 Å². The highest BCUT2D eigenvalue weighted by molar-refractivity contribution is 5.68. The summed E-state index contributed by atoms with van der Waals surface area (Å²) >= 11 is 0. The van der Waals surface area contributed by atoms with Crippen molar-refractivity contribution in [2.75, 3.05) is 0 Å². The lowest BCUT2D eigenvalue weighted by molar-refractivity contribution is 0.0935. The van der Waals surface area contributed by atoms with Gasteiger partial charge < -0.3 is 20.1 Å². The molecule has 0 saturated heterocycles. The molecule has 6 heteroatoms. The fraction of sp³-hybridized carbons (Fsp3) is 0.926. The maximum Gasteiger partial charge on any atom is 0.407 e. The van der Waals surface area contributed by atoms with Crippen molar-refractivity contribution in [3.05, 3.63) is 0 Å². The third-order valence-electron chi connectivity index (χ3n) is 7.55. The van der Waals surface area contributed by atoms with Crippen molar-refractivity contribution in [3.8, 4) is 0 Å². The molecule has 0 aromatic heterocycles. The Hall–Kier alpha value is -1.46. The summed E-state index contributed by atoms with van der Waals surface area (Å²) in [4.78, 5) is 24.2. The van der Waals surface area contributed by atoms with Gasteiger partial charge in [-0.25, -0.2) is 9.59 Å². The minimum Gasteiger partial charge on any atom is -0.447 e. The number of nitrogens with one attached hydrogen (secondary N) is 2. The SMILES string of the molecule is CCCC[C@@H](C)OC(=O)NC1CCC(CC2CCC(NC(=O)O[C@H](C)CCCC)CC2)CC1. The second kappa shape index (κ2) is 15.4. The molecule has 2 aliphatic rings. The monoisotopic (exact) mass is 466 g/mol. The van der Waals surface area contributed by atoms with E-state index in [1.165, 1.54) is 32.1 Å². The van der Waals surface area contributed by atoms with Crippen molar-refractivity contribution in [1.82, 2.24) is 10.6 Å². The Balaban J connectivity index is 1.57. The Labute approximate surface area is 202 Å². The molecule has 2 fully saturated rings. The van der Waals surface area contributed by atoms with Gasteiger partial charge in [0.05, 0.1) is 0 Å². The Morgan fingerprint density at radius 1 is 0.697 bits per heavy atom. The first-order chi connectivity index (χ1) is 15.9. The molecule has 0 aliphatic heterocycles. The van der Waals surface area contributed by atoms with Gasteiger partial charge in [0.15, 0.2) is 0 Å². The van der Waals surface area contributed by atoms with Crippen molar-refractivity contribution < 1.29 is 19.1 Å². The summed E-state index contributed by atoms with van der Waals surface area (Å²) in [5.41, 5.74) is 0. The number of amides is 2. The molecule has 6 nitrogen and oxygen atoms in total. The summed E-state index contributed by atoms with van der Waals surface area (Å²) in [5.74, 6) is 1.53. The highest BCUT2D eigenvalue weighted by Gasteiger charge is 2.28. The van der Waals surface area contributed by atoms with Gasteiger partial charge in [0, 0.05) is 12.1 Å². The molecule has 192 valence electrons. The van der Waals surface area contributed by atoms with Crippen LogP contribution in [0, 0.1) is 11.8 Å². The molecule has 0 radical (unpaired) electrons. The van der Waals surface area contributed by atoms with Crippen molar-refractivity contribution in [2.45, 2.75) is 148 Å². The van der Waals surface area contributed by atoms with Crippen LogP contribution < -0.4 is 10.6 Å². The fourth-order valence-corrected chi connectivity index (χ4v) is 5.42. The van der Waals surface area contributed by atoms with Crippen LogP contribution in [-0.2, 0) is 9.47 Å². The normalized spacial score (nSPS) is 27.3. The van der Waals surface area contributed by atoms with E-state index >= 15 is 0 Å². The van der Waals surface area contributed by atoms with Crippen LogP contribution in [0.4, 0.5) is 9.59 Å². The van der Waals surface area contributed by atoms with Gasteiger partial charge in [-0.15, -0.1) is 0 Å². The summed E-state index contributed by atoms with van der Waals surface area (Å²) in [6.07, 6.45) is 16.1. The van der Waals surface area contributed by atoms with Crippen LogP contribution in [0.1, 0.15) is 124 Å². The molecule has 0 spiro atoms. The molecule has 33 heavy (non-hydrogen) atoms. The molecular formula is C27H50N2O4. The molecule has 2 aliphatic carbocycles. The van der Waals surface area contributed by atoms with E-state index in [0.29, 0.717) is 0 Å². The Morgan fingerprint density at radius 2 is 1.06 bits per heavy atom. The zero-order valence-electron chi connectivity index (χ0n) is 21.7. The third kappa shape index (κ3) is 11.5. The van der Waals surface area contributed by atoms with E-state index < -0.39 is 0 Å². The minimum absolute atomic E-state index is 0.00257. The maximum absolute atomic E-state index is 12.1. The molecular weight excluding hydrogens is 416 g/mol. The molecule has 0 heterocycles.